The molecule has 0 aromatic rings. The summed E-state index contributed by atoms with van der Waals surface area (Å²) in [5.41, 5.74) is 0. The van der Waals surface area contributed by atoms with Gasteiger partial charge in [0.1, 0.15) is 26.9 Å². The van der Waals surface area contributed by atoms with Crippen LogP contribution in [0.15, 0.2) is 0 Å². The van der Waals surface area contributed by atoms with Crippen LogP contribution < -0.4 is 276 Å². The number of hydrogen-bond donors (Lipinski definition) is 0. The van der Waals surface area contributed by atoms with Crippen molar-refractivity contribution >= 4 is 37.3 Å². The molecule has 0 heterocycles. The molecule has 0 bridgehead atoms. The molecule has 0 aliphatic rings. The van der Waals surface area contributed by atoms with Crippen LogP contribution in [0.2, 0.25) is 0 Å². The first-order valence-electron chi connectivity index (χ1n) is 5.99. The number of rotatable bonds is 12. The molecule has 0 aliphatic carbocycles. The van der Waals surface area contributed by atoms with Crippen LogP contribution in [-0.4, -0.2) is 42.8 Å². The van der Waals surface area contributed by atoms with E-state index in [2.05, 4.69) is 18.1 Å². The average molecular weight is 676 g/mol. The minimum atomic E-state index is -5.78. The Morgan fingerprint density at radius 2 is 0.583 bits per heavy atom. The molecule has 0 saturated carbocycles. The predicted molar refractivity (Wildman–Crippen MR) is 63.3 cm³/mol. The van der Waals surface area contributed by atoms with Crippen LogP contribution in [0.25, 0.3) is 0 Å². The molecule has 31 heteroatoms. The van der Waals surface area contributed by atoms with Gasteiger partial charge in [0.2, 0.25) is 0 Å². The molecule has 2 amide bonds. The Labute approximate surface area is 382 Å². The van der Waals surface area contributed by atoms with E-state index < -0.39 is 64.2 Å². The molecule has 0 radical (unpaired) electrons. The number of carbonyl (C=O) groups excluding carboxylic acids is 1. The molecule has 0 atom stereocenters. The summed E-state index contributed by atoms with van der Waals surface area (Å²) in [4.78, 5) is 95.1. The van der Waals surface area contributed by atoms with Crippen molar-refractivity contribution < 1.29 is 317 Å². The topological polar surface area (TPSA) is 313 Å². The van der Waals surface area contributed by atoms with Crippen LogP contribution in [0.1, 0.15) is 0 Å². The van der Waals surface area contributed by atoms with Crippen molar-refractivity contribution in [3.8, 4) is 0 Å². The van der Waals surface area contributed by atoms with E-state index in [1.54, 1.807) is 0 Å². The Balaban J connectivity index is -0.000000130. The van der Waals surface area contributed by atoms with Gasteiger partial charge in [-0.15, -0.1) is 0 Å². The van der Waals surface area contributed by atoms with E-state index in [4.69, 9.17) is 0 Å². The van der Waals surface area contributed by atoms with Gasteiger partial charge in [-0.2, -0.15) is 0 Å². The molecule has 0 spiro atoms. The van der Waals surface area contributed by atoms with Crippen LogP contribution >= 0.6 is 31.3 Å². The van der Waals surface area contributed by atoms with E-state index in [0.29, 0.717) is 0 Å². The average Bonchev–Trinajstić information content (AvgIpc) is 2.42. The normalized spacial score (nSPS) is 10.4. The smallest absolute Gasteiger partial charge is 0.790 e. The summed E-state index contributed by atoms with van der Waals surface area (Å²) in [7, 11) is -23.1. The Kier molecular flexibility index (Phi) is 57.6. The molecule has 0 aromatic heterocycles. The van der Waals surface area contributed by atoms with Gasteiger partial charge >= 0.3 is 242 Å². The Bertz CT molecular complexity index is 618. The monoisotopic (exact) mass is 676 g/mol. The summed E-state index contributed by atoms with van der Waals surface area (Å²) < 4.78 is 56.3. The first-order chi connectivity index (χ1) is 12.3. The molecule has 0 saturated heterocycles. The number of hydrogen-bond acceptors (Lipinski definition) is 17. The molecular formula is C5H8N2Na8O17P4. The van der Waals surface area contributed by atoms with Gasteiger partial charge in [-0.3, -0.25) is 9.80 Å². The van der Waals surface area contributed by atoms with Crippen molar-refractivity contribution in [3.63, 3.8) is 0 Å². The van der Waals surface area contributed by atoms with Gasteiger partial charge in [0, 0.05) is 0 Å². The van der Waals surface area contributed by atoms with Crippen LogP contribution in [0.3, 0.4) is 0 Å². The number of carbonyl (C=O) groups is 1. The van der Waals surface area contributed by atoms with Gasteiger partial charge in [0.05, 0.1) is 31.3 Å². The summed E-state index contributed by atoms with van der Waals surface area (Å²) in [6.45, 7) is -6.51. The van der Waals surface area contributed by atoms with Crippen LogP contribution in [-0.2, 0) is 36.4 Å². The van der Waals surface area contributed by atoms with Crippen LogP contribution in [0, 0.1) is 0 Å². The first kappa shape index (κ1) is 66.2. The second-order valence-corrected chi connectivity index (χ2v) is 8.79. The van der Waals surface area contributed by atoms with Crippen molar-refractivity contribution in [1.29, 1.82) is 0 Å². The molecule has 0 aliphatic heterocycles. The molecule has 0 rings (SSSR count). The minimum Gasteiger partial charge on any atom is -0.790 e. The zero-order valence-corrected chi connectivity index (χ0v) is 40.5. The molecule has 36 heavy (non-hydrogen) atoms. The molecular weight excluding hydrogens is 668 g/mol. The van der Waals surface area contributed by atoms with E-state index in [0.717, 1.165) is 0 Å². The van der Waals surface area contributed by atoms with Gasteiger partial charge in [-0.1, -0.05) is 0 Å². The van der Waals surface area contributed by atoms with Gasteiger partial charge in [-0.25, -0.2) is 4.79 Å². The second kappa shape index (κ2) is 31.3. The minimum absolute atomic E-state index is 0. The van der Waals surface area contributed by atoms with Crippen molar-refractivity contribution in [2.75, 3.05) is 26.9 Å². The van der Waals surface area contributed by atoms with Gasteiger partial charge in [0.25, 0.3) is 0 Å². The third-order valence-corrected chi connectivity index (χ3v) is 3.75. The maximum Gasteiger partial charge on any atom is 1.00 e. The van der Waals surface area contributed by atoms with Crippen molar-refractivity contribution in [2.24, 2.45) is 0 Å². The standard InChI is InChI=1S/C5H16N2O17P4.8Na/c8-5(6(1-21-25(9,10)11)2-22-26(12,13)14)7(3-23-27(15,16)17)4-24-28(18,19)20;;;;;;;;/h1-4H2,(H2,9,10,11)(H2,12,13,14)(H2,15,16,17)(H2,18,19,20);;;;;;;;/q;8*+1/p-8. The van der Waals surface area contributed by atoms with Gasteiger partial charge in [0.15, 0.2) is 0 Å². The number of phosphoric acid groups is 4. The quantitative estimate of drug-likeness (QED) is 0.105. The summed E-state index contributed by atoms with van der Waals surface area (Å²) in [6, 6.07) is -1.86. The van der Waals surface area contributed by atoms with Crippen molar-refractivity contribution in [3.05, 3.63) is 0 Å². The number of nitrogens with zero attached hydrogens (tertiary/aromatic N) is 2. The fourth-order valence-electron chi connectivity index (χ4n) is 1.06. The van der Waals surface area contributed by atoms with E-state index in [1.165, 1.54) is 0 Å². The zero-order chi connectivity index (χ0) is 22.4. The third-order valence-electron chi connectivity index (χ3n) is 2.03. The SMILES string of the molecule is O=C(N(COP(=O)([O-])[O-])COP(=O)([O-])[O-])N(COP(=O)([O-])[O-])COP(=O)([O-])[O-].[Na+].[Na+].[Na+].[Na+].[Na+].[Na+].[Na+].[Na+]. The van der Waals surface area contributed by atoms with E-state index in [-0.39, 0.29) is 246 Å². The first-order valence-corrected chi connectivity index (χ1v) is 11.8. The third kappa shape index (κ3) is 43.8. The predicted octanol–water partition coefficient (Wildman–Crippen LogP) is -31.0. The van der Waals surface area contributed by atoms with Crippen molar-refractivity contribution in [1.82, 2.24) is 9.80 Å². The number of phosphoric ester groups is 4. The largest absolute Gasteiger partial charge is 1.00 e. The van der Waals surface area contributed by atoms with E-state index in [9.17, 15) is 62.2 Å². The Morgan fingerprint density at radius 1 is 0.444 bits per heavy atom. The van der Waals surface area contributed by atoms with E-state index in [1.807, 2.05) is 0 Å². The van der Waals surface area contributed by atoms with Crippen LogP contribution in [0.4, 0.5) is 4.79 Å². The Hall–Kier alpha value is 7.71. The van der Waals surface area contributed by atoms with E-state index >= 15 is 0 Å². The van der Waals surface area contributed by atoms with Crippen molar-refractivity contribution in [2.45, 2.75) is 0 Å². The molecule has 168 valence electrons. The zero-order valence-electron chi connectivity index (χ0n) is 21.0. The van der Waals surface area contributed by atoms with Gasteiger partial charge in [-0.05, 0) is 0 Å². The summed E-state index contributed by atoms with van der Waals surface area (Å²) in [5.74, 6) is 0. The molecule has 0 unspecified atom stereocenters. The van der Waals surface area contributed by atoms with Crippen LogP contribution in [0.5, 0.6) is 0 Å². The maximum absolute atomic E-state index is 12.1. The summed E-state index contributed by atoms with van der Waals surface area (Å²) >= 11 is 0. The molecule has 0 fully saturated rings. The summed E-state index contributed by atoms with van der Waals surface area (Å²) in [6.07, 6.45) is 0. The number of amides is 2. The fraction of sp³-hybridized carbons (Fsp3) is 0.800. The number of urea groups is 1. The maximum atomic E-state index is 12.1. The fourth-order valence-corrected chi connectivity index (χ4v) is 2.18. The Morgan fingerprint density at radius 3 is 0.694 bits per heavy atom. The second-order valence-electron chi connectivity index (χ2n) is 4.18. The van der Waals surface area contributed by atoms with Gasteiger partial charge < -0.3 is 75.5 Å². The molecule has 0 aromatic carbocycles. The summed E-state index contributed by atoms with van der Waals surface area (Å²) in [5, 5.41) is 0. The molecule has 0 N–H and O–H groups in total. The molecule has 19 nitrogen and oxygen atoms in total.